The molecule has 4 aromatic rings. The normalized spacial score (nSPS) is 11.0. The van der Waals surface area contributed by atoms with E-state index >= 15 is 0 Å². The highest BCUT2D eigenvalue weighted by atomic mass is 35.5. The quantitative estimate of drug-likeness (QED) is 0.310. The van der Waals surface area contributed by atoms with E-state index in [0.29, 0.717) is 10.2 Å². The fraction of sp³-hybridized carbons (Fsp3) is 0.0833. The molecule has 0 atom stereocenters. The fourth-order valence-electron chi connectivity index (χ4n) is 2.95. The van der Waals surface area contributed by atoms with E-state index in [1.165, 1.54) is 11.3 Å². The Balaban J connectivity index is 1.76. The number of aromatic nitrogens is 1. The summed E-state index contributed by atoms with van der Waals surface area (Å²) in [6.45, 7) is 0. The SMILES string of the molecule is COc1ccc(-c2nc(/N=C/c3ccccc3Cl)sc2-c2ccc(OC)cc2)cc1. The lowest BCUT2D eigenvalue weighted by Crippen LogP contribution is -1.86. The van der Waals surface area contributed by atoms with Crippen LogP contribution >= 0.6 is 22.9 Å². The second-order valence-corrected chi connectivity index (χ2v) is 7.80. The molecule has 0 N–H and O–H groups in total. The van der Waals surface area contributed by atoms with Gasteiger partial charge in [-0.05, 0) is 60.2 Å². The summed E-state index contributed by atoms with van der Waals surface area (Å²) < 4.78 is 10.6. The number of thiazole rings is 1. The Morgan fingerprint density at radius 3 is 2.03 bits per heavy atom. The van der Waals surface area contributed by atoms with E-state index in [1.807, 2.05) is 72.8 Å². The first kappa shape index (κ1) is 20.1. The van der Waals surface area contributed by atoms with Crippen LogP contribution in [-0.4, -0.2) is 25.4 Å². The highest BCUT2D eigenvalue weighted by Crippen LogP contribution is 2.41. The molecule has 1 aromatic heterocycles. The summed E-state index contributed by atoms with van der Waals surface area (Å²) in [6.07, 6.45) is 1.75. The van der Waals surface area contributed by atoms with Crippen LogP contribution in [0.5, 0.6) is 11.5 Å². The Morgan fingerprint density at radius 1 is 0.833 bits per heavy atom. The van der Waals surface area contributed by atoms with Crippen molar-refractivity contribution in [2.45, 2.75) is 0 Å². The van der Waals surface area contributed by atoms with Crippen molar-refractivity contribution in [1.29, 1.82) is 0 Å². The summed E-state index contributed by atoms with van der Waals surface area (Å²) in [5.74, 6) is 1.61. The van der Waals surface area contributed by atoms with Gasteiger partial charge in [-0.2, -0.15) is 0 Å². The Morgan fingerprint density at radius 2 is 1.43 bits per heavy atom. The first-order valence-corrected chi connectivity index (χ1v) is 10.5. The molecule has 0 saturated carbocycles. The van der Waals surface area contributed by atoms with E-state index in [1.54, 1.807) is 20.4 Å². The number of rotatable bonds is 6. The number of aliphatic imine (C=N–C) groups is 1. The highest BCUT2D eigenvalue weighted by molar-refractivity contribution is 7.19. The van der Waals surface area contributed by atoms with Gasteiger partial charge in [-0.1, -0.05) is 41.1 Å². The van der Waals surface area contributed by atoms with Gasteiger partial charge in [0.1, 0.15) is 11.5 Å². The van der Waals surface area contributed by atoms with Gasteiger partial charge < -0.3 is 9.47 Å². The lowest BCUT2D eigenvalue weighted by atomic mass is 10.1. The standard InChI is InChI=1S/C24H19ClN2O2S/c1-28-19-11-7-16(8-12-19)22-23(17-9-13-20(29-2)14-10-17)30-24(27-22)26-15-18-5-3-4-6-21(18)25/h3-15H,1-2H3/b26-15+. The maximum absolute atomic E-state index is 6.24. The van der Waals surface area contributed by atoms with Crippen molar-refractivity contribution in [3.63, 3.8) is 0 Å². The molecule has 0 bridgehead atoms. The number of hydrogen-bond acceptors (Lipinski definition) is 5. The van der Waals surface area contributed by atoms with Gasteiger partial charge in [0, 0.05) is 22.4 Å². The predicted molar refractivity (Wildman–Crippen MR) is 125 cm³/mol. The Labute approximate surface area is 184 Å². The average molecular weight is 435 g/mol. The van der Waals surface area contributed by atoms with Crippen molar-refractivity contribution in [3.8, 4) is 33.2 Å². The molecule has 0 radical (unpaired) electrons. The van der Waals surface area contributed by atoms with Gasteiger partial charge in [-0.3, -0.25) is 0 Å². The highest BCUT2D eigenvalue weighted by Gasteiger charge is 2.15. The number of methoxy groups -OCH3 is 2. The molecule has 150 valence electrons. The first-order valence-electron chi connectivity index (χ1n) is 9.26. The molecule has 3 aromatic carbocycles. The maximum atomic E-state index is 6.24. The largest absolute Gasteiger partial charge is 0.497 e. The molecule has 30 heavy (non-hydrogen) atoms. The average Bonchev–Trinajstić information content (AvgIpc) is 3.23. The maximum Gasteiger partial charge on any atom is 0.210 e. The van der Waals surface area contributed by atoms with Crippen LogP contribution in [-0.2, 0) is 0 Å². The Bertz CT molecular complexity index is 1100. The first-order chi connectivity index (χ1) is 14.7. The Kier molecular flexibility index (Phi) is 6.12. The monoisotopic (exact) mass is 434 g/mol. The molecule has 0 aliphatic rings. The molecule has 0 saturated heterocycles. The minimum atomic E-state index is 0.656. The number of halogens is 1. The molecular weight excluding hydrogens is 416 g/mol. The van der Waals surface area contributed by atoms with Crippen molar-refractivity contribution in [2.24, 2.45) is 4.99 Å². The van der Waals surface area contributed by atoms with Gasteiger partial charge in [0.25, 0.3) is 0 Å². The summed E-state index contributed by atoms with van der Waals surface area (Å²) in [7, 11) is 3.31. The molecule has 0 spiro atoms. The molecule has 1 heterocycles. The molecule has 0 unspecified atom stereocenters. The van der Waals surface area contributed by atoms with Gasteiger partial charge >= 0.3 is 0 Å². The fourth-order valence-corrected chi connectivity index (χ4v) is 4.07. The third kappa shape index (κ3) is 4.37. The van der Waals surface area contributed by atoms with Crippen molar-refractivity contribution >= 4 is 34.3 Å². The van der Waals surface area contributed by atoms with Crippen molar-refractivity contribution in [1.82, 2.24) is 4.98 Å². The number of ether oxygens (including phenoxy) is 2. The number of nitrogens with zero attached hydrogens (tertiary/aromatic N) is 2. The zero-order valence-corrected chi connectivity index (χ0v) is 18.1. The molecule has 4 rings (SSSR count). The van der Waals surface area contributed by atoms with Crippen LogP contribution in [0.4, 0.5) is 5.13 Å². The molecule has 0 fully saturated rings. The number of hydrogen-bond donors (Lipinski definition) is 0. The summed E-state index contributed by atoms with van der Waals surface area (Å²) in [6, 6.07) is 23.4. The van der Waals surface area contributed by atoms with Crippen molar-refractivity contribution in [2.75, 3.05) is 14.2 Å². The number of benzene rings is 3. The molecule has 0 aliphatic heterocycles. The molecule has 4 nitrogen and oxygen atoms in total. The minimum absolute atomic E-state index is 0.656. The van der Waals surface area contributed by atoms with Crippen LogP contribution < -0.4 is 9.47 Å². The zero-order chi connectivity index (χ0) is 20.9. The summed E-state index contributed by atoms with van der Waals surface area (Å²) >= 11 is 7.78. The van der Waals surface area contributed by atoms with Crippen LogP contribution in [0.1, 0.15) is 5.56 Å². The summed E-state index contributed by atoms with van der Waals surface area (Å²) in [4.78, 5) is 10.4. The lowest BCUT2D eigenvalue weighted by molar-refractivity contribution is 0.414. The predicted octanol–water partition coefficient (Wildman–Crippen LogP) is 6.90. The van der Waals surface area contributed by atoms with E-state index in [4.69, 9.17) is 26.1 Å². The van der Waals surface area contributed by atoms with Crippen LogP contribution in [0, 0.1) is 0 Å². The smallest absolute Gasteiger partial charge is 0.210 e. The third-order valence-electron chi connectivity index (χ3n) is 4.55. The molecule has 0 amide bonds. The van der Waals surface area contributed by atoms with Gasteiger partial charge in [0.05, 0.1) is 24.8 Å². The molecule has 0 aliphatic carbocycles. The zero-order valence-electron chi connectivity index (χ0n) is 16.5. The van der Waals surface area contributed by atoms with Gasteiger partial charge in [-0.15, -0.1) is 0 Å². The third-order valence-corrected chi connectivity index (χ3v) is 5.91. The minimum Gasteiger partial charge on any atom is -0.497 e. The second kappa shape index (κ2) is 9.11. The topological polar surface area (TPSA) is 43.7 Å². The van der Waals surface area contributed by atoms with E-state index in [-0.39, 0.29) is 0 Å². The van der Waals surface area contributed by atoms with Crippen LogP contribution in [0.25, 0.3) is 21.7 Å². The summed E-state index contributed by atoms with van der Waals surface area (Å²) in [5, 5.41) is 1.31. The summed E-state index contributed by atoms with van der Waals surface area (Å²) in [5.41, 5.74) is 3.78. The van der Waals surface area contributed by atoms with Gasteiger partial charge in [-0.25, -0.2) is 9.98 Å². The van der Waals surface area contributed by atoms with Crippen LogP contribution in [0.3, 0.4) is 0 Å². The van der Waals surface area contributed by atoms with E-state index < -0.39 is 0 Å². The second-order valence-electron chi connectivity index (χ2n) is 6.41. The van der Waals surface area contributed by atoms with Crippen molar-refractivity contribution in [3.05, 3.63) is 83.4 Å². The molecule has 6 heteroatoms. The molecular formula is C24H19ClN2O2S. The van der Waals surface area contributed by atoms with E-state index in [2.05, 4.69) is 4.99 Å². The lowest BCUT2D eigenvalue weighted by Gasteiger charge is -2.05. The van der Waals surface area contributed by atoms with E-state index in [9.17, 15) is 0 Å². The van der Waals surface area contributed by atoms with Crippen LogP contribution in [0.15, 0.2) is 77.8 Å². The van der Waals surface area contributed by atoms with Gasteiger partial charge in [0.2, 0.25) is 5.13 Å². The Hall–Kier alpha value is -3.15. The van der Waals surface area contributed by atoms with Crippen molar-refractivity contribution < 1.29 is 9.47 Å². The van der Waals surface area contributed by atoms with Crippen LogP contribution in [0.2, 0.25) is 5.02 Å². The van der Waals surface area contributed by atoms with Gasteiger partial charge in [0.15, 0.2) is 0 Å². The van der Waals surface area contributed by atoms with E-state index in [0.717, 1.165) is 38.8 Å².